The molecule has 0 spiro atoms. The molecule has 0 radical (unpaired) electrons. The van der Waals surface area contributed by atoms with Crippen molar-refractivity contribution in [3.05, 3.63) is 0 Å². The molecule has 18 heavy (non-hydrogen) atoms. The van der Waals surface area contributed by atoms with Crippen molar-refractivity contribution in [2.24, 2.45) is 0 Å². The number of hydrogen-bond donors (Lipinski definition) is 1. The second kappa shape index (κ2) is 3.88. The van der Waals surface area contributed by atoms with Crippen LogP contribution in [-0.4, -0.2) is 54.0 Å². The highest BCUT2D eigenvalue weighted by molar-refractivity contribution is 4.99. The minimum atomic E-state index is -0.978. The van der Waals surface area contributed by atoms with Gasteiger partial charge in [-0.1, -0.05) is 0 Å². The monoisotopic (exact) mass is 260 g/mol. The highest BCUT2D eigenvalue weighted by Gasteiger charge is 2.58. The van der Waals surface area contributed by atoms with Gasteiger partial charge in [0.15, 0.2) is 17.9 Å². The van der Waals surface area contributed by atoms with Gasteiger partial charge in [-0.2, -0.15) is 0 Å². The molecular weight excluding hydrogens is 240 g/mol. The van der Waals surface area contributed by atoms with Crippen LogP contribution < -0.4 is 0 Å². The minimum absolute atomic E-state index is 0.248. The molecule has 4 unspecified atom stereocenters. The van der Waals surface area contributed by atoms with Crippen LogP contribution in [0.1, 0.15) is 27.7 Å². The summed E-state index contributed by atoms with van der Waals surface area (Å²) in [6, 6.07) is 0. The maximum atomic E-state index is 9.87. The van der Waals surface area contributed by atoms with Crippen LogP contribution in [0.25, 0.3) is 0 Å². The summed E-state index contributed by atoms with van der Waals surface area (Å²) in [5.41, 5.74) is 0. The molecule has 6 nitrogen and oxygen atoms in total. The minimum Gasteiger partial charge on any atom is -0.366 e. The molecule has 0 aliphatic carbocycles. The van der Waals surface area contributed by atoms with Gasteiger partial charge >= 0.3 is 0 Å². The van der Waals surface area contributed by atoms with Crippen molar-refractivity contribution in [2.75, 3.05) is 6.61 Å². The third-order valence-corrected chi connectivity index (χ3v) is 3.46. The fourth-order valence-corrected chi connectivity index (χ4v) is 2.78. The van der Waals surface area contributed by atoms with Crippen molar-refractivity contribution >= 4 is 0 Å². The van der Waals surface area contributed by atoms with E-state index in [-0.39, 0.29) is 18.3 Å². The molecular formula is C12H20O6. The van der Waals surface area contributed by atoms with Gasteiger partial charge in [0.05, 0.1) is 6.61 Å². The van der Waals surface area contributed by atoms with Crippen LogP contribution in [0.15, 0.2) is 0 Å². The Hall–Kier alpha value is -0.240. The molecule has 3 saturated heterocycles. The summed E-state index contributed by atoms with van der Waals surface area (Å²) in [5.74, 6) is -1.32. The predicted octanol–water partition coefficient (Wildman–Crippen LogP) is 0.375. The maximum absolute atomic E-state index is 9.87. The van der Waals surface area contributed by atoms with Gasteiger partial charge in [-0.15, -0.1) is 0 Å². The van der Waals surface area contributed by atoms with Gasteiger partial charge in [-0.05, 0) is 27.7 Å². The Kier molecular flexibility index (Phi) is 2.75. The summed E-state index contributed by atoms with van der Waals surface area (Å²) < 4.78 is 28.2. The van der Waals surface area contributed by atoms with Gasteiger partial charge in [-0.3, -0.25) is 0 Å². The second-order valence-corrected chi connectivity index (χ2v) is 5.92. The number of aliphatic hydroxyl groups is 1. The molecule has 3 aliphatic rings. The summed E-state index contributed by atoms with van der Waals surface area (Å²) in [5, 5.41) is 9.87. The first-order valence-corrected chi connectivity index (χ1v) is 6.28. The highest BCUT2D eigenvalue weighted by Crippen LogP contribution is 2.41. The Labute approximate surface area is 106 Å². The van der Waals surface area contributed by atoms with Crippen LogP contribution >= 0.6 is 0 Å². The third kappa shape index (κ3) is 2.07. The summed E-state index contributed by atoms with van der Waals surface area (Å²) in [6.07, 6.45) is -2.38. The lowest BCUT2D eigenvalue weighted by atomic mass is 10.1. The van der Waals surface area contributed by atoms with E-state index in [4.69, 9.17) is 23.7 Å². The molecule has 0 aromatic carbocycles. The molecule has 104 valence electrons. The highest BCUT2D eigenvalue weighted by atomic mass is 16.8. The van der Waals surface area contributed by atoms with E-state index in [1.165, 1.54) is 0 Å². The van der Waals surface area contributed by atoms with Crippen LogP contribution in [0.5, 0.6) is 0 Å². The van der Waals surface area contributed by atoms with Crippen molar-refractivity contribution < 1.29 is 28.8 Å². The van der Waals surface area contributed by atoms with E-state index >= 15 is 0 Å². The van der Waals surface area contributed by atoms with Crippen molar-refractivity contribution in [3.63, 3.8) is 0 Å². The molecule has 1 N–H and O–H groups in total. The summed E-state index contributed by atoms with van der Waals surface area (Å²) in [6.45, 7) is 7.78. The Morgan fingerprint density at radius 1 is 0.889 bits per heavy atom. The average Bonchev–Trinajstić information content (AvgIpc) is 2.81. The van der Waals surface area contributed by atoms with Crippen molar-refractivity contribution in [1.82, 2.24) is 0 Å². The maximum Gasteiger partial charge on any atom is 0.184 e. The first-order valence-electron chi connectivity index (χ1n) is 6.28. The second-order valence-electron chi connectivity index (χ2n) is 5.92. The number of hydrogen-bond acceptors (Lipinski definition) is 6. The predicted molar refractivity (Wildman–Crippen MR) is 59.6 cm³/mol. The van der Waals surface area contributed by atoms with Crippen molar-refractivity contribution in [3.8, 4) is 0 Å². The van der Waals surface area contributed by atoms with E-state index in [0.717, 1.165) is 0 Å². The Morgan fingerprint density at radius 2 is 1.56 bits per heavy atom. The van der Waals surface area contributed by atoms with E-state index < -0.39 is 24.0 Å². The Balaban J connectivity index is 1.75. The molecule has 0 amide bonds. The van der Waals surface area contributed by atoms with Gasteiger partial charge in [0.1, 0.15) is 24.4 Å². The van der Waals surface area contributed by atoms with E-state index in [9.17, 15) is 5.11 Å². The van der Waals surface area contributed by atoms with E-state index in [2.05, 4.69) is 0 Å². The lowest BCUT2D eigenvalue weighted by Gasteiger charge is -2.26. The SMILES string of the molecule is CC1(C)OC2C(O)OC([C@@H]3COC(C)(C)O3)C2O1. The van der Waals surface area contributed by atoms with Crippen molar-refractivity contribution in [2.45, 2.75) is 70.0 Å². The zero-order chi connectivity index (χ0) is 13.1. The van der Waals surface area contributed by atoms with Crippen LogP contribution in [0.3, 0.4) is 0 Å². The standard InChI is InChI=1S/C12H20O6/c1-11(2)14-5-6(16-11)7-8-9(10(13)15-7)18-12(3,4)17-8/h6-10,13H,5H2,1-4H3/t6-,7?,8?,9?,10?/m0/s1. The van der Waals surface area contributed by atoms with Gasteiger partial charge in [-0.25, -0.2) is 0 Å². The quantitative estimate of drug-likeness (QED) is 0.735. The number of ether oxygens (including phenoxy) is 5. The zero-order valence-corrected chi connectivity index (χ0v) is 11.1. The molecule has 3 rings (SSSR count). The summed E-state index contributed by atoms with van der Waals surface area (Å²) in [7, 11) is 0. The van der Waals surface area contributed by atoms with E-state index in [1.54, 1.807) is 0 Å². The Bertz CT molecular complexity index is 341. The van der Waals surface area contributed by atoms with E-state index in [0.29, 0.717) is 6.61 Å². The van der Waals surface area contributed by atoms with Crippen molar-refractivity contribution in [1.29, 1.82) is 0 Å². The molecule has 0 bridgehead atoms. The van der Waals surface area contributed by atoms with Crippen LogP contribution in [0.4, 0.5) is 0 Å². The van der Waals surface area contributed by atoms with Crippen LogP contribution in [0.2, 0.25) is 0 Å². The first kappa shape index (κ1) is 12.8. The number of fused-ring (bicyclic) bond motifs is 1. The molecule has 3 aliphatic heterocycles. The largest absolute Gasteiger partial charge is 0.366 e. The topological polar surface area (TPSA) is 66.4 Å². The molecule has 3 fully saturated rings. The zero-order valence-electron chi connectivity index (χ0n) is 11.1. The molecule has 5 atom stereocenters. The number of aliphatic hydroxyl groups excluding tert-OH is 1. The normalized spacial score (nSPS) is 49.5. The smallest absolute Gasteiger partial charge is 0.184 e. The average molecular weight is 260 g/mol. The summed E-state index contributed by atoms with van der Waals surface area (Å²) in [4.78, 5) is 0. The van der Waals surface area contributed by atoms with Gasteiger partial charge < -0.3 is 28.8 Å². The van der Waals surface area contributed by atoms with Gasteiger partial charge in [0, 0.05) is 0 Å². The molecule has 3 heterocycles. The van der Waals surface area contributed by atoms with Gasteiger partial charge in [0.2, 0.25) is 0 Å². The lowest BCUT2D eigenvalue weighted by Crippen LogP contribution is -2.40. The first-order chi connectivity index (χ1) is 8.27. The fourth-order valence-electron chi connectivity index (χ4n) is 2.78. The van der Waals surface area contributed by atoms with Crippen LogP contribution in [-0.2, 0) is 23.7 Å². The van der Waals surface area contributed by atoms with E-state index in [1.807, 2.05) is 27.7 Å². The fraction of sp³-hybridized carbons (Fsp3) is 1.00. The lowest BCUT2D eigenvalue weighted by molar-refractivity contribution is -0.236. The molecule has 0 aromatic heterocycles. The third-order valence-electron chi connectivity index (χ3n) is 3.46. The number of rotatable bonds is 1. The Morgan fingerprint density at radius 3 is 2.17 bits per heavy atom. The van der Waals surface area contributed by atoms with Crippen LogP contribution in [0, 0.1) is 0 Å². The molecule has 6 heteroatoms. The van der Waals surface area contributed by atoms with Gasteiger partial charge in [0.25, 0.3) is 0 Å². The molecule has 0 aromatic rings. The summed E-state index contributed by atoms with van der Waals surface area (Å²) >= 11 is 0. The molecule has 0 saturated carbocycles.